The lowest BCUT2D eigenvalue weighted by molar-refractivity contribution is 0.460. The maximum absolute atomic E-state index is 12.2. The summed E-state index contributed by atoms with van der Waals surface area (Å²) in [5.74, 6) is 1.75. The van der Waals surface area contributed by atoms with E-state index in [9.17, 15) is 8.42 Å². The Morgan fingerprint density at radius 2 is 2.00 bits per heavy atom. The third kappa shape index (κ3) is 6.20. The van der Waals surface area contributed by atoms with Crippen molar-refractivity contribution in [3.63, 3.8) is 0 Å². The van der Waals surface area contributed by atoms with Gasteiger partial charge in [-0.1, -0.05) is 33.6 Å². The summed E-state index contributed by atoms with van der Waals surface area (Å²) in [6.07, 6.45) is 3.02. The van der Waals surface area contributed by atoms with Crippen molar-refractivity contribution >= 4 is 10.0 Å². The molecule has 0 atom stereocenters. The molecule has 122 valence electrons. The molecule has 0 saturated heterocycles. The Hall–Kier alpha value is -0.850. The molecule has 0 aliphatic rings. The molecule has 0 unspecified atom stereocenters. The molecule has 1 heterocycles. The van der Waals surface area contributed by atoms with E-state index in [0.717, 1.165) is 25.8 Å². The number of hydrogen-bond acceptors (Lipinski definition) is 4. The van der Waals surface area contributed by atoms with Gasteiger partial charge in [0.2, 0.25) is 10.0 Å². The first-order valence-corrected chi connectivity index (χ1v) is 9.14. The van der Waals surface area contributed by atoms with Crippen molar-refractivity contribution in [2.75, 3.05) is 13.1 Å². The first kappa shape index (κ1) is 18.2. The molecule has 5 nitrogen and oxygen atoms in total. The summed E-state index contributed by atoms with van der Waals surface area (Å²) in [6.45, 7) is 9.85. The van der Waals surface area contributed by atoms with Crippen molar-refractivity contribution in [3.05, 3.63) is 17.6 Å². The highest BCUT2D eigenvalue weighted by Crippen LogP contribution is 2.20. The van der Waals surface area contributed by atoms with E-state index in [1.54, 1.807) is 13.0 Å². The van der Waals surface area contributed by atoms with E-state index in [1.807, 2.05) is 6.92 Å². The van der Waals surface area contributed by atoms with Gasteiger partial charge >= 0.3 is 0 Å². The molecule has 0 aromatic carbocycles. The number of nitrogens with one attached hydrogen (secondary N) is 2. The minimum Gasteiger partial charge on any atom is -0.464 e. The van der Waals surface area contributed by atoms with Gasteiger partial charge < -0.3 is 9.73 Å². The predicted molar refractivity (Wildman–Crippen MR) is 84.7 cm³/mol. The average molecular weight is 316 g/mol. The van der Waals surface area contributed by atoms with Crippen LogP contribution in [0.1, 0.15) is 51.6 Å². The first-order chi connectivity index (χ1) is 9.86. The Balaban J connectivity index is 2.55. The Labute approximate surface area is 128 Å². The summed E-state index contributed by atoms with van der Waals surface area (Å²) in [5.41, 5.74) is 0. The van der Waals surface area contributed by atoms with Crippen molar-refractivity contribution < 1.29 is 12.8 Å². The van der Waals surface area contributed by atoms with Crippen molar-refractivity contribution in [1.29, 1.82) is 0 Å². The van der Waals surface area contributed by atoms with E-state index >= 15 is 0 Å². The normalized spacial score (nSPS) is 12.2. The quantitative estimate of drug-likeness (QED) is 0.651. The SMILES string of the molecule is CCNCc1cc(S(=O)(=O)NCCCCC(C)C)c(C)o1. The minimum atomic E-state index is -3.47. The van der Waals surface area contributed by atoms with Gasteiger partial charge in [-0.05, 0) is 25.8 Å². The lowest BCUT2D eigenvalue weighted by Crippen LogP contribution is -2.25. The summed E-state index contributed by atoms with van der Waals surface area (Å²) in [7, 11) is -3.47. The number of sulfonamides is 1. The maximum atomic E-state index is 12.2. The summed E-state index contributed by atoms with van der Waals surface area (Å²) in [5, 5.41) is 3.12. The summed E-state index contributed by atoms with van der Waals surface area (Å²) >= 11 is 0. The van der Waals surface area contributed by atoms with Crippen LogP contribution in [0.5, 0.6) is 0 Å². The van der Waals surface area contributed by atoms with Gasteiger partial charge in [0, 0.05) is 12.6 Å². The number of unbranched alkanes of at least 4 members (excludes halogenated alkanes) is 1. The van der Waals surface area contributed by atoms with E-state index in [4.69, 9.17) is 4.42 Å². The van der Waals surface area contributed by atoms with Crippen LogP contribution in [-0.2, 0) is 16.6 Å². The third-order valence-corrected chi connectivity index (χ3v) is 4.83. The van der Waals surface area contributed by atoms with Crippen LogP contribution in [0, 0.1) is 12.8 Å². The number of aryl methyl sites for hydroxylation is 1. The summed E-state index contributed by atoms with van der Waals surface area (Å²) in [4.78, 5) is 0.249. The smallest absolute Gasteiger partial charge is 0.244 e. The van der Waals surface area contributed by atoms with Crippen LogP contribution in [0.15, 0.2) is 15.4 Å². The second kappa shape index (κ2) is 8.56. The Morgan fingerprint density at radius 1 is 1.29 bits per heavy atom. The van der Waals surface area contributed by atoms with Gasteiger partial charge in [0.25, 0.3) is 0 Å². The van der Waals surface area contributed by atoms with Crippen molar-refractivity contribution in [2.45, 2.75) is 58.4 Å². The van der Waals surface area contributed by atoms with Crippen LogP contribution in [0.3, 0.4) is 0 Å². The number of rotatable bonds is 10. The molecule has 6 heteroatoms. The van der Waals surface area contributed by atoms with Crippen LogP contribution < -0.4 is 10.0 Å². The van der Waals surface area contributed by atoms with Crippen LogP contribution in [0.4, 0.5) is 0 Å². The molecule has 0 aliphatic heterocycles. The van der Waals surface area contributed by atoms with Crippen molar-refractivity contribution in [3.8, 4) is 0 Å². The third-order valence-electron chi connectivity index (χ3n) is 3.26. The fourth-order valence-corrected chi connectivity index (χ4v) is 3.36. The molecule has 0 spiro atoms. The molecule has 2 N–H and O–H groups in total. The van der Waals surface area contributed by atoms with Gasteiger partial charge in [0.1, 0.15) is 16.4 Å². The van der Waals surface area contributed by atoms with E-state index in [1.165, 1.54) is 0 Å². The average Bonchev–Trinajstić information content (AvgIpc) is 2.77. The van der Waals surface area contributed by atoms with E-state index < -0.39 is 10.0 Å². The topological polar surface area (TPSA) is 71.3 Å². The van der Waals surface area contributed by atoms with Crippen LogP contribution >= 0.6 is 0 Å². The molecule has 1 aromatic rings. The molecular weight excluding hydrogens is 288 g/mol. The summed E-state index contributed by atoms with van der Waals surface area (Å²) < 4.78 is 32.6. The molecule has 0 amide bonds. The summed E-state index contributed by atoms with van der Waals surface area (Å²) in [6, 6.07) is 1.61. The fourth-order valence-electron chi connectivity index (χ4n) is 2.09. The zero-order valence-electron chi connectivity index (χ0n) is 13.5. The Kier molecular flexibility index (Phi) is 7.42. The highest BCUT2D eigenvalue weighted by atomic mass is 32.2. The molecular formula is C15H28N2O3S. The molecule has 0 bridgehead atoms. The highest BCUT2D eigenvalue weighted by molar-refractivity contribution is 7.89. The molecule has 0 saturated carbocycles. The van der Waals surface area contributed by atoms with Crippen LogP contribution in [0.2, 0.25) is 0 Å². The van der Waals surface area contributed by atoms with Crippen molar-refractivity contribution in [1.82, 2.24) is 10.0 Å². The molecule has 21 heavy (non-hydrogen) atoms. The molecule has 1 rings (SSSR count). The first-order valence-electron chi connectivity index (χ1n) is 7.66. The van der Waals surface area contributed by atoms with Gasteiger partial charge in [-0.15, -0.1) is 0 Å². The van der Waals surface area contributed by atoms with Crippen LogP contribution in [0.25, 0.3) is 0 Å². The molecule has 1 aromatic heterocycles. The van der Waals surface area contributed by atoms with Gasteiger partial charge in [-0.3, -0.25) is 0 Å². The largest absolute Gasteiger partial charge is 0.464 e. The zero-order chi connectivity index (χ0) is 15.9. The lowest BCUT2D eigenvalue weighted by atomic mass is 10.1. The molecule has 0 radical (unpaired) electrons. The van der Waals surface area contributed by atoms with E-state index in [0.29, 0.717) is 30.5 Å². The second-order valence-corrected chi connectivity index (χ2v) is 7.44. The van der Waals surface area contributed by atoms with Crippen LogP contribution in [-0.4, -0.2) is 21.5 Å². The van der Waals surface area contributed by atoms with Gasteiger partial charge in [-0.25, -0.2) is 13.1 Å². The molecule has 0 aliphatic carbocycles. The Morgan fingerprint density at radius 3 is 2.62 bits per heavy atom. The number of furan rings is 1. The predicted octanol–water partition coefficient (Wildman–Crippen LogP) is 2.80. The van der Waals surface area contributed by atoms with Gasteiger partial charge in [-0.2, -0.15) is 0 Å². The Bertz CT molecular complexity index is 521. The lowest BCUT2D eigenvalue weighted by Gasteiger charge is -2.06. The monoisotopic (exact) mass is 316 g/mol. The minimum absolute atomic E-state index is 0.249. The van der Waals surface area contributed by atoms with Gasteiger partial charge in [0.15, 0.2) is 0 Å². The second-order valence-electron chi connectivity index (χ2n) is 5.70. The molecule has 0 fully saturated rings. The number of hydrogen-bond donors (Lipinski definition) is 2. The fraction of sp³-hybridized carbons (Fsp3) is 0.733. The van der Waals surface area contributed by atoms with E-state index in [-0.39, 0.29) is 4.90 Å². The standard InChI is InChI=1S/C15H28N2O3S/c1-5-16-11-14-10-15(13(4)20-14)21(18,19)17-9-7-6-8-12(2)3/h10,12,16-17H,5-9,11H2,1-4H3. The zero-order valence-corrected chi connectivity index (χ0v) is 14.3. The van der Waals surface area contributed by atoms with Crippen molar-refractivity contribution in [2.24, 2.45) is 5.92 Å². The highest BCUT2D eigenvalue weighted by Gasteiger charge is 2.20. The van der Waals surface area contributed by atoms with E-state index in [2.05, 4.69) is 23.9 Å². The maximum Gasteiger partial charge on any atom is 0.244 e. The van der Waals surface area contributed by atoms with Gasteiger partial charge in [0.05, 0.1) is 6.54 Å².